The molecule has 5 nitrogen and oxygen atoms in total. The smallest absolute Gasteiger partial charge is 0.328 e. The highest BCUT2D eigenvalue weighted by molar-refractivity contribution is 7.07. The molecule has 0 aliphatic carbocycles. The Kier molecular flexibility index (Phi) is 5.22. The minimum Gasteiger partial charge on any atom is -0.478 e. The molecule has 2 rings (SSSR count). The minimum atomic E-state index is -1.02. The molecule has 1 heterocycles. The van der Waals surface area contributed by atoms with E-state index in [0.717, 1.165) is 11.8 Å². The van der Waals surface area contributed by atoms with Crippen LogP contribution >= 0.6 is 11.3 Å². The second-order valence-electron chi connectivity index (χ2n) is 4.28. The Bertz CT molecular complexity index is 651. The van der Waals surface area contributed by atoms with Crippen molar-refractivity contribution in [3.05, 3.63) is 58.1 Å². The van der Waals surface area contributed by atoms with E-state index < -0.39 is 5.97 Å². The van der Waals surface area contributed by atoms with Crippen molar-refractivity contribution in [2.24, 2.45) is 0 Å². The molecular weight excluding hydrogens is 288 g/mol. The topological polar surface area (TPSA) is 79.3 Å². The van der Waals surface area contributed by atoms with Gasteiger partial charge < -0.3 is 10.4 Å². The largest absolute Gasteiger partial charge is 0.478 e. The molecule has 0 aliphatic heterocycles. The fourth-order valence-corrected chi connectivity index (χ4v) is 2.31. The van der Waals surface area contributed by atoms with Crippen LogP contribution in [0.5, 0.6) is 0 Å². The lowest BCUT2D eigenvalue weighted by molar-refractivity contribution is -0.131. The maximum atomic E-state index is 12.0. The molecular formula is C15H14N2O3S. The van der Waals surface area contributed by atoms with Gasteiger partial charge in [-0.25, -0.2) is 9.78 Å². The molecule has 1 aromatic heterocycles. The van der Waals surface area contributed by atoms with Crippen LogP contribution in [-0.4, -0.2) is 28.5 Å². The van der Waals surface area contributed by atoms with Crippen LogP contribution in [0.3, 0.4) is 0 Å². The van der Waals surface area contributed by atoms with E-state index in [4.69, 9.17) is 5.11 Å². The zero-order valence-corrected chi connectivity index (χ0v) is 12.0. The third kappa shape index (κ3) is 4.85. The fraction of sp³-hybridized carbons (Fsp3) is 0.133. The number of rotatable bonds is 6. The van der Waals surface area contributed by atoms with Gasteiger partial charge in [0.1, 0.15) is 0 Å². The summed E-state index contributed by atoms with van der Waals surface area (Å²) < 4.78 is 0. The van der Waals surface area contributed by atoms with Crippen LogP contribution in [0.1, 0.15) is 21.6 Å². The van der Waals surface area contributed by atoms with Crippen LogP contribution in [0.2, 0.25) is 0 Å². The first kappa shape index (κ1) is 14.9. The molecule has 0 saturated heterocycles. The molecule has 0 radical (unpaired) electrons. The van der Waals surface area contributed by atoms with Gasteiger partial charge in [-0.1, -0.05) is 12.1 Å². The zero-order chi connectivity index (χ0) is 15.1. The summed E-state index contributed by atoms with van der Waals surface area (Å²) in [5.41, 5.74) is 3.89. The van der Waals surface area contributed by atoms with Crippen molar-refractivity contribution in [2.45, 2.75) is 6.42 Å². The number of carboxylic acid groups (broad SMARTS) is 1. The van der Waals surface area contributed by atoms with Gasteiger partial charge in [0.15, 0.2) is 0 Å². The molecule has 1 amide bonds. The zero-order valence-electron chi connectivity index (χ0n) is 11.2. The Morgan fingerprint density at radius 2 is 2.24 bits per heavy atom. The molecule has 0 bridgehead atoms. The summed E-state index contributed by atoms with van der Waals surface area (Å²) in [6, 6.07) is 6.80. The van der Waals surface area contributed by atoms with Gasteiger partial charge in [0.2, 0.25) is 0 Å². The quantitative estimate of drug-likeness (QED) is 0.802. The lowest BCUT2D eigenvalue weighted by Crippen LogP contribution is -2.25. The Balaban J connectivity index is 1.92. The lowest BCUT2D eigenvalue weighted by Gasteiger charge is -2.05. The molecule has 108 valence electrons. The first-order chi connectivity index (χ1) is 10.1. The molecule has 0 saturated carbocycles. The maximum absolute atomic E-state index is 12.0. The number of benzene rings is 1. The van der Waals surface area contributed by atoms with E-state index in [1.807, 2.05) is 5.38 Å². The van der Waals surface area contributed by atoms with E-state index in [1.54, 1.807) is 29.8 Å². The van der Waals surface area contributed by atoms with Crippen LogP contribution < -0.4 is 5.32 Å². The van der Waals surface area contributed by atoms with Crippen LogP contribution in [-0.2, 0) is 11.2 Å². The van der Waals surface area contributed by atoms with Gasteiger partial charge in [-0.15, -0.1) is 11.3 Å². The number of nitrogens with one attached hydrogen (secondary N) is 1. The second-order valence-corrected chi connectivity index (χ2v) is 5.00. The predicted molar refractivity (Wildman–Crippen MR) is 81.3 cm³/mol. The van der Waals surface area contributed by atoms with Crippen molar-refractivity contribution in [3.63, 3.8) is 0 Å². The summed E-state index contributed by atoms with van der Waals surface area (Å²) in [6.07, 6.45) is 3.18. The van der Waals surface area contributed by atoms with Crippen molar-refractivity contribution in [1.82, 2.24) is 10.3 Å². The number of nitrogens with zero attached hydrogens (tertiary/aromatic N) is 1. The van der Waals surface area contributed by atoms with Crippen molar-refractivity contribution in [2.75, 3.05) is 6.54 Å². The number of aromatic nitrogens is 1. The average Bonchev–Trinajstić information content (AvgIpc) is 2.98. The number of hydrogen-bond acceptors (Lipinski definition) is 4. The predicted octanol–water partition coefficient (Wildman–Crippen LogP) is 2.21. The van der Waals surface area contributed by atoms with Gasteiger partial charge in [0.25, 0.3) is 5.91 Å². The number of aliphatic carboxylic acids is 1. The second kappa shape index (κ2) is 7.35. The van der Waals surface area contributed by atoms with Crippen LogP contribution in [0.25, 0.3) is 6.08 Å². The summed E-state index contributed by atoms with van der Waals surface area (Å²) in [5.74, 6) is -1.20. The van der Waals surface area contributed by atoms with Crippen molar-refractivity contribution >= 4 is 29.3 Å². The van der Waals surface area contributed by atoms with E-state index in [2.05, 4.69) is 10.3 Å². The van der Waals surface area contributed by atoms with Gasteiger partial charge >= 0.3 is 5.97 Å². The first-order valence-electron chi connectivity index (χ1n) is 6.31. The molecule has 21 heavy (non-hydrogen) atoms. The Morgan fingerprint density at radius 3 is 2.95 bits per heavy atom. The molecule has 6 heteroatoms. The molecule has 0 aliphatic rings. The minimum absolute atomic E-state index is 0.184. The summed E-state index contributed by atoms with van der Waals surface area (Å²) in [4.78, 5) is 26.6. The fourth-order valence-electron chi connectivity index (χ4n) is 1.72. The first-order valence-corrected chi connectivity index (χ1v) is 7.26. The number of amides is 1. The third-order valence-electron chi connectivity index (χ3n) is 2.72. The highest BCUT2D eigenvalue weighted by Crippen LogP contribution is 2.07. The summed E-state index contributed by atoms with van der Waals surface area (Å²) in [6.45, 7) is 0.512. The van der Waals surface area contributed by atoms with Gasteiger partial charge in [0.05, 0.1) is 11.2 Å². The highest BCUT2D eigenvalue weighted by atomic mass is 32.1. The summed E-state index contributed by atoms with van der Waals surface area (Å²) >= 11 is 1.53. The molecule has 0 atom stereocenters. The van der Waals surface area contributed by atoms with Gasteiger partial charge in [-0.05, 0) is 23.8 Å². The standard InChI is InChI=1S/C15H14N2O3S/c18-14(19)5-4-11-2-1-3-12(8-11)15(20)16-7-6-13-9-21-10-17-13/h1-5,8-10H,6-7H2,(H,16,20)(H,18,19). The molecule has 0 spiro atoms. The molecule has 0 fully saturated rings. The number of carboxylic acids is 1. The maximum Gasteiger partial charge on any atom is 0.328 e. The van der Waals surface area contributed by atoms with Crippen LogP contribution in [0.4, 0.5) is 0 Å². The Hall–Kier alpha value is -2.47. The third-order valence-corrected chi connectivity index (χ3v) is 3.35. The lowest BCUT2D eigenvalue weighted by atomic mass is 10.1. The number of thiazole rings is 1. The van der Waals surface area contributed by atoms with Gasteiger partial charge in [0, 0.05) is 30.0 Å². The normalized spacial score (nSPS) is 10.7. The number of carbonyl (C=O) groups is 2. The SMILES string of the molecule is O=C(O)C=Cc1cccc(C(=O)NCCc2cscn2)c1. The van der Waals surface area contributed by atoms with E-state index >= 15 is 0 Å². The monoisotopic (exact) mass is 302 g/mol. The van der Waals surface area contributed by atoms with E-state index in [9.17, 15) is 9.59 Å². The van der Waals surface area contributed by atoms with Crippen LogP contribution in [0, 0.1) is 0 Å². The van der Waals surface area contributed by atoms with E-state index in [-0.39, 0.29) is 5.91 Å². The van der Waals surface area contributed by atoms with E-state index in [0.29, 0.717) is 24.1 Å². The Labute approximate surface area is 126 Å². The van der Waals surface area contributed by atoms with E-state index in [1.165, 1.54) is 17.4 Å². The molecule has 1 aromatic carbocycles. The number of hydrogen-bond donors (Lipinski definition) is 2. The molecule has 0 unspecified atom stereocenters. The Morgan fingerprint density at radius 1 is 1.38 bits per heavy atom. The summed E-state index contributed by atoms with van der Waals surface area (Å²) in [5, 5.41) is 13.4. The highest BCUT2D eigenvalue weighted by Gasteiger charge is 2.05. The van der Waals surface area contributed by atoms with Crippen molar-refractivity contribution < 1.29 is 14.7 Å². The van der Waals surface area contributed by atoms with Crippen molar-refractivity contribution in [3.8, 4) is 0 Å². The van der Waals surface area contributed by atoms with Crippen molar-refractivity contribution in [1.29, 1.82) is 0 Å². The molecule has 2 N–H and O–H groups in total. The van der Waals surface area contributed by atoms with Crippen LogP contribution in [0.15, 0.2) is 41.2 Å². The average molecular weight is 302 g/mol. The number of carbonyl (C=O) groups excluding carboxylic acids is 1. The van der Waals surface area contributed by atoms with Gasteiger partial charge in [-0.2, -0.15) is 0 Å². The summed E-state index contributed by atoms with van der Waals surface area (Å²) in [7, 11) is 0. The molecule has 2 aromatic rings. The van der Waals surface area contributed by atoms with Gasteiger partial charge in [-0.3, -0.25) is 4.79 Å².